The van der Waals surface area contributed by atoms with Crippen LogP contribution in [0, 0.1) is 5.92 Å². The highest BCUT2D eigenvalue weighted by molar-refractivity contribution is 6.22. The Bertz CT molecular complexity index is 507. The summed E-state index contributed by atoms with van der Waals surface area (Å²) in [4.78, 5) is 23.7. The van der Waals surface area contributed by atoms with Crippen LogP contribution in [0.15, 0.2) is 18.2 Å². The summed E-state index contributed by atoms with van der Waals surface area (Å²) in [6.45, 7) is 6.54. The molecule has 1 heterocycles. The lowest BCUT2D eigenvalue weighted by molar-refractivity contribution is 0.0879. The van der Waals surface area contributed by atoms with Crippen molar-refractivity contribution in [3.8, 4) is 0 Å². The predicted octanol–water partition coefficient (Wildman–Crippen LogP) is 3.50. The van der Waals surface area contributed by atoms with Gasteiger partial charge in [0.2, 0.25) is 0 Å². The quantitative estimate of drug-likeness (QED) is 0.823. The number of benzene rings is 1. The Morgan fingerprint density at radius 1 is 1.16 bits per heavy atom. The maximum Gasteiger partial charge on any atom is 0.259 e. The van der Waals surface area contributed by atoms with Crippen LogP contribution in [0.5, 0.6) is 0 Å². The fourth-order valence-electron chi connectivity index (χ4n) is 2.90. The van der Waals surface area contributed by atoms with Crippen LogP contribution in [0.4, 0.5) is 0 Å². The zero-order valence-electron chi connectivity index (χ0n) is 11.8. The lowest BCUT2D eigenvalue weighted by Gasteiger charge is -2.24. The maximum atomic E-state index is 12.0. The van der Waals surface area contributed by atoms with E-state index in [9.17, 15) is 9.59 Å². The van der Waals surface area contributed by atoms with Crippen LogP contribution in [0.2, 0.25) is 0 Å². The van der Waals surface area contributed by atoms with E-state index in [-0.39, 0.29) is 11.8 Å². The number of nitrogens with one attached hydrogen (secondary N) is 1. The SMILES string of the molecule is CCCC(c1cccc2c1C(=O)NC2=O)C(C)CC. The molecule has 0 aromatic heterocycles. The Hall–Kier alpha value is -1.64. The molecule has 102 valence electrons. The minimum Gasteiger partial charge on any atom is -0.288 e. The van der Waals surface area contributed by atoms with Gasteiger partial charge in [-0.15, -0.1) is 0 Å². The van der Waals surface area contributed by atoms with Crippen LogP contribution >= 0.6 is 0 Å². The standard InChI is InChI=1S/C16H21NO2/c1-4-7-11(10(3)5-2)12-8-6-9-13-14(12)16(19)17-15(13)18/h6,8-11H,4-5,7H2,1-3H3,(H,17,18,19). The smallest absolute Gasteiger partial charge is 0.259 e. The third-order valence-corrected chi connectivity index (χ3v) is 4.13. The number of imide groups is 1. The molecule has 1 aliphatic heterocycles. The number of carbonyl (C=O) groups is 2. The van der Waals surface area contributed by atoms with E-state index >= 15 is 0 Å². The predicted molar refractivity (Wildman–Crippen MR) is 75.3 cm³/mol. The van der Waals surface area contributed by atoms with E-state index in [0.29, 0.717) is 23.0 Å². The van der Waals surface area contributed by atoms with Crippen LogP contribution in [-0.4, -0.2) is 11.8 Å². The average molecular weight is 259 g/mol. The molecule has 2 amide bonds. The van der Waals surface area contributed by atoms with Gasteiger partial charge in [0.25, 0.3) is 11.8 Å². The van der Waals surface area contributed by atoms with Crippen LogP contribution in [0.1, 0.15) is 72.2 Å². The maximum absolute atomic E-state index is 12.0. The minimum absolute atomic E-state index is 0.236. The first-order valence-electron chi connectivity index (χ1n) is 7.08. The molecule has 3 nitrogen and oxygen atoms in total. The van der Waals surface area contributed by atoms with E-state index in [4.69, 9.17) is 0 Å². The van der Waals surface area contributed by atoms with Crippen molar-refractivity contribution in [2.45, 2.75) is 46.0 Å². The Morgan fingerprint density at radius 3 is 2.53 bits per heavy atom. The first-order chi connectivity index (χ1) is 9.10. The topological polar surface area (TPSA) is 46.2 Å². The molecular formula is C16H21NO2. The largest absolute Gasteiger partial charge is 0.288 e. The van der Waals surface area contributed by atoms with Crippen LogP contribution in [-0.2, 0) is 0 Å². The number of hydrogen-bond donors (Lipinski definition) is 1. The van der Waals surface area contributed by atoms with Crippen molar-refractivity contribution in [2.75, 3.05) is 0 Å². The summed E-state index contributed by atoms with van der Waals surface area (Å²) < 4.78 is 0. The molecule has 2 unspecified atom stereocenters. The van der Waals surface area contributed by atoms with Gasteiger partial charge in [-0.05, 0) is 29.9 Å². The van der Waals surface area contributed by atoms with Crippen LogP contribution < -0.4 is 5.32 Å². The molecule has 2 atom stereocenters. The molecule has 19 heavy (non-hydrogen) atoms. The van der Waals surface area contributed by atoms with Gasteiger partial charge in [-0.25, -0.2) is 0 Å². The second-order valence-electron chi connectivity index (χ2n) is 5.33. The van der Waals surface area contributed by atoms with Gasteiger partial charge >= 0.3 is 0 Å². The second-order valence-corrected chi connectivity index (χ2v) is 5.33. The van der Waals surface area contributed by atoms with Crippen molar-refractivity contribution in [3.05, 3.63) is 34.9 Å². The lowest BCUT2D eigenvalue weighted by atomic mass is 9.80. The van der Waals surface area contributed by atoms with Gasteiger partial charge in [0.1, 0.15) is 0 Å². The lowest BCUT2D eigenvalue weighted by Crippen LogP contribution is -2.21. The zero-order chi connectivity index (χ0) is 14.0. The highest BCUT2D eigenvalue weighted by Gasteiger charge is 2.32. The van der Waals surface area contributed by atoms with Gasteiger partial charge in [-0.1, -0.05) is 45.7 Å². The van der Waals surface area contributed by atoms with Gasteiger partial charge in [-0.2, -0.15) is 0 Å². The third-order valence-electron chi connectivity index (χ3n) is 4.13. The van der Waals surface area contributed by atoms with E-state index < -0.39 is 0 Å². The molecule has 1 aliphatic rings. The van der Waals surface area contributed by atoms with Crippen molar-refractivity contribution >= 4 is 11.8 Å². The molecule has 0 spiro atoms. The van der Waals surface area contributed by atoms with Crippen LogP contribution in [0.3, 0.4) is 0 Å². The summed E-state index contributed by atoms with van der Waals surface area (Å²) >= 11 is 0. The summed E-state index contributed by atoms with van der Waals surface area (Å²) in [5.41, 5.74) is 2.18. The highest BCUT2D eigenvalue weighted by atomic mass is 16.2. The van der Waals surface area contributed by atoms with E-state index in [1.165, 1.54) is 0 Å². The Balaban J connectivity index is 2.50. The number of amides is 2. The van der Waals surface area contributed by atoms with E-state index in [1.807, 2.05) is 12.1 Å². The zero-order valence-corrected chi connectivity index (χ0v) is 11.8. The Morgan fingerprint density at radius 2 is 1.89 bits per heavy atom. The molecule has 1 aromatic rings. The Labute approximate surface area is 114 Å². The highest BCUT2D eigenvalue weighted by Crippen LogP contribution is 2.35. The molecule has 0 radical (unpaired) electrons. The van der Waals surface area contributed by atoms with Gasteiger partial charge in [0.15, 0.2) is 0 Å². The minimum atomic E-state index is -0.263. The summed E-state index contributed by atoms with van der Waals surface area (Å²) in [6.07, 6.45) is 3.20. The number of hydrogen-bond acceptors (Lipinski definition) is 2. The number of carbonyl (C=O) groups excluding carboxylic acids is 2. The van der Waals surface area contributed by atoms with Gasteiger partial charge < -0.3 is 0 Å². The fraction of sp³-hybridized carbons (Fsp3) is 0.500. The fourth-order valence-corrected chi connectivity index (χ4v) is 2.90. The second kappa shape index (κ2) is 5.55. The third kappa shape index (κ3) is 2.42. The van der Waals surface area contributed by atoms with Gasteiger partial charge in [0.05, 0.1) is 11.1 Å². The first kappa shape index (κ1) is 13.8. The molecule has 0 aliphatic carbocycles. The molecule has 1 N–H and O–H groups in total. The monoisotopic (exact) mass is 259 g/mol. The summed E-state index contributed by atoms with van der Waals surface area (Å²) in [6, 6.07) is 5.62. The van der Waals surface area contributed by atoms with Crippen molar-refractivity contribution in [2.24, 2.45) is 5.92 Å². The summed E-state index contributed by atoms with van der Waals surface area (Å²) in [7, 11) is 0. The van der Waals surface area contributed by atoms with Crippen molar-refractivity contribution in [3.63, 3.8) is 0 Å². The number of rotatable bonds is 5. The van der Waals surface area contributed by atoms with Crippen molar-refractivity contribution < 1.29 is 9.59 Å². The molecule has 0 bridgehead atoms. The normalized spacial score (nSPS) is 17.0. The molecule has 1 aromatic carbocycles. The Kier molecular flexibility index (Phi) is 4.03. The van der Waals surface area contributed by atoms with E-state index in [2.05, 4.69) is 26.1 Å². The number of fused-ring (bicyclic) bond motifs is 1. The van der Waals surface area contributed by atoms with Gasteiger partial charge in [-0.3, -0.25) is 14.9 Å². The molecule has 0 saturated carbocycles. The molecule has 2 rings (SSSR count). The molecule has 0 fully saturated rings. The van der Waals surface area contributed by atoms with E-state index in [1.54, 1.807) is 6.07 Å². The molecular weight excluding hydrogens is 238 g/mol. The van der Waals surface area contributed by atoms with Crippen molar-refractivity contribution in [1.29, 1.82) is 0 Å². The summed E-state index contributed by atoms with van der Waals surface area (Å²) in [5, 5.41) is 2.40. The van der Waals surface area contributed by atoms with Crippen LogP contribution in [0.25, 0.3) is 0 Å². The van der Waals surface area contributed by atoms with Crippen molar-refractivity contribution in [1.82, 2.24) is 5.32 Å². The first-order valence-corrected chi connectivity index (χ1v) is 7.08. The van der Waals surface area contributed by atoms with Gasteiger partial charge in [0, 0.05) is 0 Å². The summed E-state index contributed by atoms with van der Waals surface area (Å²) in [5.74, 6) is 0.359. The average Bonchev–Trinajstić information content (AvgIpc) is 2.71. The molecule has 3 heteroatoms. The van der Waals surface area contributed by atoms with E-state index in [0.717, 1.165) is 24.8 Å². The molecule has 0 saturated heterocycles.